The van der Waals surface area contributed by atoms with Gasteiger partial charge in [-0.2, -0.15) is 0 Å². The number of pyridine rings is 1. The van der Waals surface area contributed by atoms with E-state index in [2.05, 4.69) is 21.6 Å². The van der Waals surface area contributed by atoms with E-state index in [-0.39, 0.29) is 18.2 Å². The molecule has 0 atom stereocenters. The Kier molecular flexibility index (Phi) is 4.71. The molecule has 1 N–H and O–H groups in total. The monoisotopic (exact) mass is 412 g/mol. The normalized spacial score (nSPS) is 17.7. The molecular weight excluding hydrogens is 387 g/mol. The molecule has 0 unspecified atom stereocenters. The predicted octanol–water partition coefficient (Wildman–Crippen LogP) is 4.46. The highest BCUT2D eigenvalue weighted by Crippen LogP contribution is 2.44. The summed E-state index contributed by atoms with van der Waals surface area (Å²) in [5.74, 6) is 0.816. The van der Waals surface area contributed by atoms with Gasteiger partial charge in [0.15, 0.2) is 6.29 Å². The number of ether oxygens (including phenoxy) is 2. The summed E-state index contributed by atoms with van der Waals surface area (Å²) >= 11 is 0. The molecule has 1 aromatic carbocycles. The van der Waals surface area contributed by atoms with Gasteiger partial charge in [0.25, 0.3) is 5.89 Å². The van der Waals surface area contributed by atoms with Gasteiger partial charge >= 0.3 is 6.01 Å². The largest absolute Gasteiger partial charge is 0.402 e. The first-order valence-electron chi connectivity index (χ1n) is 10.3. The van der Waals surface area contributed by atoms with E-state index in [9.17, 15) is 0 Å². The van der Waals surface area contributed by atoms with Gasteiger partial charge in [0.2, 0.25) is 0 Å². The lowest BCUT2D eigenvalue weighted by Gasteiger charge is -2.19. The molecule has 0 bridgehead atoms. The summed E-state index contributed by atoms with van der Waals surface area (Å²) < 4.78 is 31.6. The van der Waals surface area contributed by atoms with Gasteiger partial charge in [0.1, 0.15) is 11.4 Å². The Hall–Kier alpha value is -2.58. The molecule has 0 amide bonds. The van der Waals surface area contributed by atoms with E-state index in [4.69, 9.17) is 18.9 Å². The number of nitrogens with zero attached hydrogens (tertiary/aromatic N) is 3. The fraction of sp³-hybridized carbons (Fsp3) is 0.500. The number of alkyl halides is 1. The minimum absolute atomic E-state index is 0.263. The fourth-order valence-corrected chi connectivity index (χ4v) is 3.82. The van der Waals surface area contributed by atoms with Crippen LogP contribution in [0.2, 0.25) is 0 Å². The third-order valence-electron chi connectivity index (χ3n) is 5.59. The van der Waals surface area contributed by atoms with Gasteiger partial charge in [0.05, 0.1) is 25.3 Å². The maximum absolute atomic E-state index is 15.1. The number of aryl methyl sites for hydroxylation is 1. The fourth-order valence-electron chi connectivity index (χ4n) is 3.82. The van der Waals surface area contributed by atoms with Crippen LogP contribution >= 0.6 is 0 Å². The van der Waals surface area contributed by atoms with E-state index in [1.165, 1.54) is 5.56 Å². The number of benzene rings is 1. The Bertz CT molecular complexity index is 1080. The van der Waals surface area contributed by atoms with E-state index in [0.29, 0.717) is 42.5 Å². The standard InChI is InChI=1S/C22H25FN4O3/c1-12-8-17(20-26-27-21(30-20)24-11-18-28-6-7-29-18)25-19-15(12)9-14(13-4-5-13)10-16(19)22(2,3)23/h8-10,13,18H,4-7,11H2,1-3H3,(H,24,27). The van der Waals surface area contributed by atoms with E-state index >= 15 is 4.39 Å². The van der Waals surface area contributed by atoms with Crippen LogP contribution in [0.15, 0.2) is 22.6 Å². The van der Waals surface area contributed by atoms with Crippen molar-refractivity contribution in [2.75, 3.05) is 25.1 Å². The van der Waals surface area contributed by atoms with Gasteiger partial charge in [-0.25, -0.2) is 9.37 Å². The van der Waals surface area contributed by atoms with Crippen molar-refractivity contribution < 1.29 is 18.3 Å². The summed E-state index contributed by atoms with van der Waals surface area (Å²) in [7, 11) is 0. The Balaban J connectivity index is 1.50. The lowest BCUT2D eigenvalue weighted by Crippen LogP contribution is -2.20. The average Bonchev–Trinajstić information content (AvgIpc) is 3.22. The molecule has 3 heterocycles. The summed E-state index contributed by atoms with van der Waals surface area (Å²) in [6.45, 7) is 6.72. The molecule has 1 saturated heterocycles. The summed E-state index contributed by atoms with van der Waals surface area (Å²) in [4.78, 5) is 4.73. The number of hydrogen-bond donors (Lipinski definition) is 1. The number of halogens is 1. The van der Waals surface area contributed by atoms with Crippen molar-refractivity contribution >= 4 is 16.9 Å². The molecule has 0 spiro atoms. The molecule has 2 aliphatic rings. The van der Waals surface area contributed by atoms with Crippen molar-refractivity contribution in [3.8, 4) is 11.6 Å². The molecule has 8 heteroatoms. The third-order valence-corrected chi connectivity index (χ3v) is 5.59. The summed E-state index contributed by atoms with van der Waals surface area (Å²) in [5, 5.41) is 12.1. The number of nitrogens with one attached hydrogen (secondary N) is 1. The van der Waals surface area contributed by atoms with Gasteiger partial charge in [0, 0.05) is 10.9 Å². The highest BCUT2D eigenvalue weighted by Gasteiger charge is 2.29. The Labute approximate surface area is 174 Å². The number of hydrogen-bond acceptors (Lipinski definition) is 7. The van der Waals surface area contributed by atoms with Crippen molar-refractivity contribution in [1.29, 1.82) is 0 Å². The van der Waals surface area contributed by atoms with Crippen molar-refractivity contribution in [3.05, 3.63) is 34.9 Å². The summed E-state index contributed by atoms with van der Waals surface area (Å²) in [5.41, 5.74) is 2.45. The Morgan fingerprint density at radius 2 is 1.90 bits per heavy atom. The van der Waals surface area contributed by atoms with Crippen molar-refractivity contribution in [2.24, 2.45) is 0 Å². The molecule has 30 heavy (non-hydrogen) atoms. The summed E-state index contributed by atoms with van der Waals surface area (Å²) in [6.07, 6.45) is 2.00. The van der Waals surface area contributed by atoms with E-state index in [0.717, 1.165) is 23.8 Å². The maximum atomic E-state index is 15.1. The molecule has 2 aromatic heterocycles. The number of aromatic nitrogens is 3. The second kappa shape index (κ2) is 7.28. The molecular formula is C22H25FN4O3. The Morgan fingerprint density at radius 3 is 2.60 bits per heavy atom. The van der Waals surface area contributed by atoms with Gasteiger partial charge in [-0.3, -0.25) is 0 Å². The second-order valence-electron chi connectivity index (χ2n) is 8.50. The quantitative estimate of drug-likeness (QED) is 0.640. The first-order valence-corrected chi connectivity index (χ1v) is 10.3. The van der Waals surface area contributed by atoms with Gasteiger partial charge in [-0.15, -0.1) is 5.10 Å². The number of anilines is 1. The lowest BCUT2D eigenvalue weighted by molar-refractivity contribution is -0.0302. The van der Waals surface area contributed by atoms with Crippen LogP contribution in [0.4, 0.5) is 10.4 Å². The molecule has 0 radical (unpaired) electrons. The molecule has 3 aromatic rings. The molecule has 5 rings (SSSR count). The van der Waals surface area contributed by atoms with Crippen molar-refractivity contribution in [1.82, 2.24) is 15.2 Å². The first kappa shape index (κ1) is 19.4. The van der Waals surface area contributed by atoms with E-state index < -0.39 is 5.67 Å². The highest BCUT2D eigenvalue weighted by molar-refractivity contribution is 5.88. The third kappa shape index (κ3) is 3.77. The average molecular weight is 412 g/mol. The van der Waals surface area contributed by atoms with Crippen LogP contribution in [-0.2, 0) is 15.1 Å². The lowest BCUT2D eigenvalue weighted by atomic mass is 9.91. The highest BCUT2D eigenvalue weighted by atomic mass is 19.1. The Morgan fingerprint density at radius 1 is 1.13 bits per heavy atom. The minimum atomic E-state index is -1.51. The zero-order valence-corrected chi connectivity index (χ0v) is 17.4. The zero-order valence-electron chi connectivity index (χ0n) is 17.4. The van der Waals surface area contributed by atoms with Gasteiger partial charge < -0.3 is 19.2 Å². The van der Waals surface area contributed by atoms with Crippen molar-refractivity contribution in [3.63, 3.8) is 0 Å². The molecule has 2 fully saturated rings. The number of rotatable bonds is 6. The van der Waals surface area contributed by atoms with Gasteiger partial charge in [-0.1, -0.05) is 11.2 Å². The van der Waals surface area contributed by atoms with Crippen LogP contribution in [-0.4, -0.2) is 41.2 Å². The molecule has 7 nitrogen and oxygen atoms in total. The van der Waals surface area contributed by atoms with Crippen LogP contribution in [0.25, 0.3) is 22.5 Å². The SMILES string of the molecule is Cc1cc(-c2nnc(NCC3OCCO3)o2)nc2c(C(C)(C)F)cc(C3CC3)cc12. The van der Waals surface area contributed by atoms with Crippen LogP contribution < -0.4 is 5.32 Å². The molecule has 1 aliphatic heterocycles. The maximum Gasteiger partial charge on any atom is 0.315 e. The van der Waals surface area contributed by atoms with Crippen LogP contribution in [0, 0.1) is 6.92 Å². The predicted molar refractivity (Wildman–Crippen MR) is 110 cm³/mol. The van der Waals surface area contributed by atoms with Crippen LogP contribution in [0.3, 0.4) is 0 Å². The van der Waals surface area contributed by atoms with E-state index in [1.807, 2.05) is 19.1 Å². The molecule has 1 aliphatic carbocycles. The topological polar surface area (TPSA) is 82.3 Å². The smallest absolute Gasteiger partial charge is 0.315 e. The van der Waals surface area contributed by atoms with Crippen molar-refractivity contribution in [2.45, 2.75) is 51.5 Å². The van der Waals surface area contributed by atoms with Gasteiger partial charge in [-0.05, 0) is 62.8 Å². The minimum Gasteiger partial charge on any atom is -0.402 e. The number of fused-ring (bicyclic) bond motifs is 1. The van der Waals surface area contributed by atoms with E-state index in [1.54, 1.807) is 13.8 Å². The van der Waals surface area contributed by atoms with Crippen LogP contribution in [0.1, 0.15) is 49.3 Å². The summed E-state index contributed by atoms with van der Waals surface area (Å²) in [6, 6.07) is 6.29. The first-order chi connectivity index (χ1) is 14.4. The molecule has 158 valence electrons. The second-order valence-corrected chi connectivity index (χ2v) is 8.50. The van der Waals surface area contributed by atoms with Crippen LogP contribution in [0.5, 0.6) is 0 Å². The zero-order chi connectivity index (χ0) is 20.9. The molecule has 1 saturated carbocycles.